The second kappa shape index (κ2) is 10.3. The van der Waals surface area contributed by atoms with Gasteiger partial charge in [0, 0.05) is 13.0 Å². The van der Waals surface area contributed by atoms with Crippen LogP contribution in [0.25, 0.3) is 10.9 Å². The molecule has 0 saturated heterocycles. The predicted molar refractivity (Wildman–Crippen MR) is 130 cm³/mol. The van der Waals surface area contributed by atoms with Crippen LogP contribution >= 0.6 is 11.8 Å². The standard InChI is InChI=1S/C25H29N3O4S/c1-4-28-24(30)18-8-5-6-9-19(18)26-25(28)33-15-22(29)27-23(16(2)3)17-10-11-20-21(14-17)32-13-7-12-31-20/h5-6,8-11,14,16,23H,4,7,12-13,15H2,1-3H3,(H,27,29). The SMILES string of the molecule is CCn1c(SCC(=O)NC(c2ccc3c(c2)OCCCO3)C(C)C)nc2ccccc2c1=O. The van der Waals surface area contributed by atoms with Crippen molar-refractivity contribution in [1.29, 1.82) is 0 Å². The van der Waals surface area contributed by atoms with Crippen molar-refractivity contribution in [3.8, 4) is 11.5 Å². The molecule has 174 valence electrons. The Morgan fingerprint density at radius 2 is 1.91 bits per heavy atom. The Balaban J connectivity index is 1.50. The third kappa shape index (κ3) is 5.16. The molecule has 1 unspecified atom stereocenters. The number of nitrogens with one attached hydrogen (secondary N) is 1. The summed E-state index contributed by atoms with van der Waals surface area (Å²) in [4.78, 5) is 30.3. The Kier molecular flexibility index (Phi) is 7.23. The Bertz CT molecular complexity index is 1210. The van der Waals surface area contributed by atoms with Gasteiger partial charge in [-0.25, -0.2) is 4.98 Å². The van der Waals surface area contributed by atoms with Crippen LogP contribution in [0, 0.1) is 5.92 Å². The zero-order valence-electron chi connectivity index (χ0n) is 19.2. The fraction of sp³-hybridized carbons (Fsp3) is 0.400. The molecule has 0 spiro atoms. The number of benzene rings is 2. The van der Waals surface area contributed by atoms with E-state index in [0.717, 1.165) is 17.7 Å². The highest BCUT2D eigenvalue weighted by atomic mass is 32.2. The van der Waals surface area contributed by atoms with Gasteiger partial charge in [-0.15, -0.1) is 0 Å². The maximum absolute atomic E-state index is 12.9. The van der Waals surface area contributed by atoms with E-state index in [0.29, 0.717) is 41.6 Å². The number of aromatic nitrogens is 2. The Labute approximate surface area is 197 Å². The van der Waals surface area contributed by atoms with E-state index >= 15 is 0 Å². The van der Waals surface area contributed by atoms with E-state index in [9.17, 15) is 9.59 Å². The van der Waals surface area contributed by atoms with Crippen molar-refractivity contribution in [3.05, 3.63) is 58.4 Å². The zero-order valence-corrected chi connectivity index (χ0v) is 20.0. The second-order valence-corrected chi connectivity index (χ2v) is 9.24. The van der Waals surface area contributed by atoms with Crippen LogP contribution in [0.15, 0.2) is 52.4 Å². The molecule has 33 heavy (non-hydrogen) atoms. The number of thioether (sulfide) groups is 1. The Morgan fingerprint density at radius 3 is 2.67 bits per heavy atom. The molecule has 2 aromatic carbocycles. The number of ether oxygens (including phenoxy) is 2. The van der Waals surface area contributed by atoms with E-state index in [2.05, 4.69) is 24.1 Å². The lowest BCUT2D eigenvalue weighted by molar-refractivity contribution is -0.119. The molecule has 1 aromatic heterocycles. The lowest BCUT2D eigenvalue weighted by Gasteiger charge is -2.24. The van der Waals surface area contributed by atoms with Gasteiger partial charge in [0.2, 0.25) is 5.91 Å². The molecular formula is C25H29N3O4S. The van der Waals surface area contributed by atoms with Crippen molar-refractivity contribution in [1.82, 2.24) is 14.9 Å². The van der Waals surface area contributed by atoms with Gasteiger partial charge in [0.1, 0.15) is 0 Å². The van der Waals surface area contributed by atoms with Crippen molar-refractivity contribution in [2.75, 3.05) is 19.0 Å². The average Bonchev–Trinajstić information content (AvgIpc) is 3.06. The van der Waals surface area contributed by atoms with Gasteiger partial charge in [0.15, 0.2) is 16.7 Å². The maximum Gasteiger partial charge on any atom is 0.262 e. The normalized spacial score (nSPS) is 14.2. The average molecular weight is 468 g/mol. The van der Waals surface area contributed by atoms with Crippen LogP contribution in [-0.4, -0.2) is 34.4 Å². The molecule has 1 amide bonds. The molecule has 1 atom stereocenters. The number of fused-ring (bicyclic) bond motifs is 2. The summed E-state index contributed by atoms with van der Waals surface area (Å²) in [6.45, 7) is 7.79. The van der Waals surface area contributed by atoms with Crippen LogP contribution in [0.5, 0.6) is 11.5 Å². The summed E-state index contributed by atoms with van der Waals surface area (Å²) < 4.78 is 13.2. The van der Waals surface area contributed by atoms with Crippen molar-refractivity contribution in [2.45, 2.75) is 44.9 Å². The topological polar surface area (TPSA) is 82.5 Å². The first-order valence-corrected chi connectivity index (χ1v) is 12.3. The molecule has 3 aromatic rings. The van der Waals surface area contributed by atoms with Crippen molar-refractivity contribution in [2.24, 2.45) is 5.92 Å². The van der Waals surface area contributed by atoms with Crippen LogP contribution in [0.4, 0.5) is 0 Å². The lowest BCUT2D eigenvalue weighted by atomic mass is 9.95. The van der Waals surface area contributed by atoms with Gasteiger partial charge in [0.25, 0.3) is 5.56 Å². The highest BCUT2D eigenvalue weighted by Gasteiger charge is 2.22. The number of nitrogens with zero attached hydrogens (tertiary/aromatic N) is 2. The monoisotopic (exact) mass is 467 g/mol. The fourth-order valence-corrected chi connectivity index (χ4v) is 4.76. The second-order valence-electron chi connectivity index (χ2n) is 8.30. The van der Waals surface area contributed by atoms with Gasteiger partial charge in [-0.3, -0.25) is 14.2 Å². The maximum atomic E-state index is 12.9. The fourth-order valence-electron chi connectivity index (χ4n) is 3.89. The summed E-state index contributed by atoms with van der Waals surface area (Å²) in [5.41, 5.74) is 1.53. The van der Waals surface area contributed by atoms with Crippen LogP contribution in [0.1, 0.15) is 38.8 Å². The minimum Gasteiger partial charge on any atom is -0.490 e. The van der Waals surface area contributed by atoms with Crippen LogP contribution in [0.2, 0.25) is 0 Å². The molecule has 0 fully saturated rings. The van der Waals surface area contributed by atoms with Gasteiger partial charge in [-0.2, -0.15) is 0 Å². The van der Waals surface area contributed by atoms with E-state index in [1.54, 1.807) is 10.6 Å². The third-order valence-electron chi connectivity index (χ3n) is 5.59. The van der Waals surface area contributed by atoms with E-state index < -0.39 is 0 Å². The van der Waals surface area contributed by atoms with Crippen molar-refractivity contribution < 1.29 is 14.3 Å². The molecule has 0 aliphatic carbocycles. The predicted octanol–water partition coefficient (Wildman–Crippen LogP) is 4.18. The number of amides is 1. The van der Waals surface area contributed by atoms with E-state index in [1.165, 1.54) is 11.8 Å². The number of carbonyl (C=O) groups excluding carboxylic acids is 1. The van der Waals surface area contributed by atoms with Crippen LogP contribution in [-0.2, 0) is 11.3 Å². The van der Waals surface area contributed by atoms with Gasteiger partial charge in [-0.05, 0) is 42.7 Å². The van der Waals surface area contributed by atoms with Gasteiger partial charge < -0.3 is 14.8 Å². The summed E-state index contributed by atoms with van der Waals surface area (Å²) >= 11 is 1.28. The van der Waals surface area contributed by atoms with Gasteiger partial charge in [0.05, 0.1) is 35.9 Å². The molecule has 1 aliphatic heterocycles. The first-order chi connectivity index (χ1) is 16.0. The number of hydrogen-bond donors (Lipinski definition) is 1. The number of rotatable bonds is 7. The zero-order chi connectivity index (χ0) is 23.4. The van der Waals surface area contributed by atoms with Crippen molar-refractivity contribution >= 4 is 28.6 Å². The van der Waals surface area contributed by atoms with Crippen molar-refractivity contribution in [3.63, 3.8) is 0 Å². The van der Waals surface area contributed by atoms with Gasteiger partial charge in [-0.1, -0.05) is 43.8 Å². The van der Waals surface area contributed by atoms with Crippen LogP contribution < -0.4 is 20.3 Å². The molecule has 1 N–H and O–H groups in total. The van der Waals surface area contributed by atoms with E-state index in [1.807, 2.05) is 43.3 Å². The number of carbonyl (C=O) groups is 1. The molecule has 4 rings (SSSR count). The third-order valence-corrected chi connectivity index (χ3v) is 6.57. The first kappa shape index (κ1) is 23.2. The van der Waals surface area contributed by atoms with E-state index in [4.69, 9.17) is 9.47 Å². The molecule has 1 aliphatic rings. The summed E-state index contributed by atoms with van der Waals surface area (Å²) in [5.74, 6) is 1.68. The minimum atomic E-state index is -0.173. The molecule has 7 nitrogen and oxygen atoms in total. The molecule has 0 bridgehead atoms. The summed E-state index contributed by atoms with van der Waals surface area (Å²) in [6.07, 6.45) is 0.844. The first-order valence-electron chi connectivity index (χ1n) is 11.3. The summed E-state index contributed by atoms with van der Waals surface area (Å²) in [7, 11) is 0. The van der Waals surface area contributed by atoms with E-state index in [-0.39, 0.29) is 29.2 Å². The number of hydrogen-bond acceptors (Lipinski definition) is 6. The lowest BCUT2D eigenvalue weighted by Crippen LogP contribution is -2.33. The summed E-state index contributed by atoms with van der Waals surface area (Å²) in [5, 5.41) is 4.28. The largest absolute Gasteiger partial charge is 0.490 e. The highest BCUT2D eigenvalue weighted by Crippen LogP contribution is 2.34. The van der Waals surface area contributed by atoms with Gasteiger partial charge >= 0.3 is 0 Å². The minimum absolute atomic E-state index is 0.0849. The number of para-hydroxylation sites is 1. The summed E-state index contributed by atoms with van der Waals surface area (Å²) in [6, 6.07) is 13.0. The highest BCUT2D eigenvalue weighted by molar-refractivity contribution is 7.99. The molecule has 0 saturated carbocycles. The quantitative estimate of drug-likeness (QED) is 0.415. The Morgan fingerprint density at radius 1 is 1.15 bits per heavy atom. The smallest absolute Gasteiger partial charge is 0.262 e. The molecule has 0 radical (unpaired) electrons. The molecular weight excluding hydrogens is 438 g/mol. The molecule has 8 heteroatoms. The molecule has 2 heterocycles. The van der Waals surface area contributed by atoms with Crippen LogP contribution in [0.3, 0.4) is 0 Å². The Hall–Kier alpha value is -3.00.